The molecule has 0 unspecified atom stereocenters. The third-order valence-electron chi connectivity index (χ3n) is 5.13. The number of halogens is 4. The van der Waals surface area contributed by atoms with Gasteiger partial charge in [0.05, 0.1) is 34.3 Å². The Morgan fingerprint density at radius 1 is 1.03 bits per heavy atom. The molecule has 0 saturated carbocycles. The fraction of sp³-hybridized carbons (Fsp3) is 0.143. The van der Waals surface area contributed by atoms with Crippen LogP contribution >= 0.6 is 11.6 Å². The maximum Gasteiger partial charge on any atom is 0.456 e. The Labute approximate surface area is 183 Å². The molecule has 0 bridgehead atoms. The van der Waals surface area contributed by atoms with Crippen LogP contribution in [0.4, 0.5) is 24.5 Å². The highest BCUT2D eigenvalue weighted by Gasteiger charge is 2.42. The molecule has 2 aromatic carbocycles. The molecule has 1 aliphatic heterocycles. The van der Waals surface area contributed by atoms with Crippen LogP contribution < -0.4 is 4.90 Å². The van der Waals surface area contributed by atoms with Crippen molar-refractivity contribution < 1.29 is 27.7 Å². The fourth-order valence-electron chi connectivity index (χ4n) is 3.62. The molecular formula is C21H13ClF3N3O4. The van der Waals surface area contributed by atoms with Gasteiger partial charge in [0.1, 0.15) is 0 Å². The SMILES string of the molecule is O=C(c1ccc([N+](=O)[O-])cc1Cl)N1Cc2ccc(C(=O)C(F)(F)F)n2Cc2ccccc21. The van der Waals surface area contributed by atoms with Crippen molar-refractivity contribution in [3.05, 3.63) is 92.2 Å². The van der Waals surface area contributed by atoms with Crippen molar-refractivity contribution in [3.8, 4) is 0 Å². The average molecular weight is 464 g/mol. The summed E-state index contributed by atoms with van der Waals surface area (Å²) in [5, 5.41) is 10.8. The van der Waals surface area contributed by atoms with Crippen LogP contribution in [0.25, 0.3) is 0 Å². The third-order valence-corrected chi connectivity index (χ3v) is 5.44. The minimum absolute atomic E-state index is 0.00123. The Morgan fingerprint density at radius 3 is 2.41 bits per heavy atom. The van der Waals surface area contributed by atoms with E-state index in [1.165, 1.54) is 21.6 Å². The summed E-state index contributed by atoms with van der Waals surface area (Å²) in [7, 11) is 0. The van der Waals surface area contributed by atoms with Gasteiger partial charge < -0.3 is 9.47 Å². The number of nitro groups is 1. The summed E-state index contributed by atoms with van der Waals surface area (Å²) < 4.78 is 40.4. The van der Waals surface area contributed by atoms with Crippen LogP contribution in [0.5, 0.6) is 0 Å². The number of nitrogens with zero attached hydrogens (tertiary/aromatic N) is 3. The standard InChI is InChI=1S/C21H13ClF3N3O4/c22-16-9-13(28(31)32)5-7-15(16)20(30)27-11-14-6-8-18(19(29)21(23,24)25)26(14)10-12-3-1-2-4-17(12)27/h1-9H,10-11H2. The minimum Gasteiger partial charge on any atom is -0.336 e. The molecule has 0 saturated heterocycles. The van der Waals surface area contributed by atoms with E-state index in [0.717, 1.165) is 18.2 Å². The average Bonchev–Trinajstić information content (AvgIpc) is 3.04. The first-order valence-corrected chi connectivity index (χ1v) is 9.59. The number of non-ortho nitro benzene ring substituents is 1. The number of alkyl halides is 3. The van der Waals surface area contributed by atoms with E-state index in [2.05, 4.69) is 0 Å². The number of benzene rings is 2. The number of amides is 1. The smallest absolute Gasteiger partial charge is 0.336 e. The summed E-state index contributed by atoms with van der Waals surface area (Å²) in [5.74, 6) is -2.56. The molecule has 2 heterocycles. The number of rotatable bonds is 3. The predicted molar refractivity (Wildman–Crippen MR) is 109 cm³/mol. The van der Waals surface area contributed by atoms with Crippen molar-refractivity contribution in [2.75, 3.05) is 4.90 Å². The number of para-hydroxylation sites is 1. The molecule has 1 aromatic heterocycles. The lowest BCUT2D eigenvalue weighted by atomic mass is 10.1. The van der Waals surface area contributed by atoms with E-state index in [4.69, 9.17) is 11.6 Å². The van der Waals surface area contributed by atoms with Crippen LogP contribution in [0.3, 0.4) is 0 Å². The first-order chi connectivity index (χ1) is 15.1. The van der Waals surface area contributed by atoms with Crippen molar-refractivity contribution in [1.82, 2.24) is 4.57 Å². The zero-order valence-electron chi connectivity index (χ0n) is 16.1. The summed E-state index contributed by atoms with van der Waals surface area (Å²) in [6, 6.07) is 12.5. The number of Topliss-reactive ketones (excluding diaryl/α,β-unsaturated/α-hetero) is 1. The number of hydrogen-bond donors (Lipinski definition) is 0. The Morgan fingerprint density at radius 2 is 1.75 bits per heavy atom. The lowest BCUT2D eigenvalue weighted by Crippen LogP contribution is -2.31. The molecule has 3 aromatic rings. The molecule has 32 heavy (non-hydrogen) atoms. The normalized spacial score (nSPS) is 13.2. The van der Waals surface area contributed by atoms with Gasteiger partial charge in [-0.05, 0) is 29.8 Å². The first kappa shape index (κ1) is 21.6. The quantitative estimate of drug-likeness (QED) is 0.310. The molecule has 0 aliphatic carbocycles. The monoisotopic (exact) mass is 463 g/mol. The molecule has 7 nitrogen and oxygen atoms in total. The topological polar surface area (TPSA) is 85.4 Å². The zero-order chi connectivity index (χ0) is 23.2. The number of hydrogen-bond acceptors (Lipinski definition) is 4. The molecule has 4 rings (SSSR count). The van der Waals surface area contributed by atoms with Gasteiger partial charge in [0.15, 0.2) is 0 Å². The second-order valence-electron chi connectivity index (χ2n) is 7.06. The highest BCUT2D eigenvalue weighted by Crippen LogP contribution is 2.33. The fourth-order valence-corrected chi connectivity index (χ4v) is 3.88. The van der Waals surface area contributed by atoms with Gasteiger partial charge >= 0.3 is 6.18 Å². The predicted octanol–water partition coefficient (Wildman–Crippen LogP) is 5.00. The van der Waals surface area contributed by atoms with Gasteiger partial charge in [-0.1, -0.05) is 29.8 Å². The Balaban J connectivity index is 1.80. The van der Waals surface area contributed by atoms with E-state index in [1.807, 2.05) is 0 Å². The number of nitro benzene ring substituents is 1. The number of carbonyl (C=O) groups is 2. The van der Waals surface area contributed by atoms with Crippen molar-refractivity contribution in [2.24, 2.45) is 0 Å². The maximum absolute atomic E-state index is 13.3. The van der Waals surface area contributed by atoms with Gasteiger partial charge in [0.25, 0.3) is 17.4 Å². The van der Waals surface area contributed by atoms with Crippen LogP contribution in [-0.4, -0.2) is 27.4 Å². The van der Waals surface area contributed by atoms with E-state index < -0.39 is 28.5 Å². The van der Waals surface area contributed by atoms with Gasteiger partial charge in [-0.25, -0.2) is 0 Å². The number of ketones is 1. The van der Waals surface area contributed by atoms with Crippen molar-refractivity contribution >= 4 is 34.7 Å². The molecule has 0 radical (unpaired) electrons. The third kappa shape index (κ3) is 3.73. The van der Waals surface area contributed by atoms with Gasteiger partial charge in [-0.2, -0.15) is 13.2 Å². The summed E-state index contributed by atoms with van der Waals surface area (Å²) >= 11 is 6.12. The second-order valence-corrected chi connectivity index (χ2v) is 7.47. The number of fused-ring (bicyclic) bond motifs is 2. The van der Waals surface area contributed by atoms with Gasteiger partial charge in [0.2, 0.25) is 0 Å². The van der Waals surface area contributed by atoms with Crippen LogP contribution in [0.2, 0.25) is 5.02 Å². The Bertz CT molecular complexity index is 1270. The molecule has 0 fully saturated rings. The van der Waals surface area contributed by atoms with Crippen LogP contribution in [0, 0.1) is 10.1 Å². The zero-order valence-corrected chi connectivity index (χ0v) is 16.9. The highest BCUT2D eigenvalue weighted by atomic mass is 35.5. The van der Waals surface area contributed by atoms with Crippen LogP contribution in [0.15, 0.2) is 54.6 Å². The number of anilines is 1. The summed E-state index contributed by atoms with van der Waals surface area (Å²) in [5.41, 5.74) is 0.460. The molecular weight excluding hydrogens is 451 g/mol. The molecule has 1 amide bonds. The molecule has 0 spiro atoms. The van der Waals surface area contributed by atoms with E-state index in [-0.39, 0.29) is 29.4 Å². The number of aromatic nitrogens is 1. The summed E-state index contributed by atoms with van der Waals surface area (Å²) in [4.78, 5) is 36.9. The van der Waals surface area contributed by atoms with E-state index >= 15 is 0 Å². The van der Waals surface area contributed by atoms with Crippen LogP contribution in [-0.2, 0) is 13.1 Å². The molecule has 1 aliphatic rings. The van der Waals surface area contributed by atoms with Crippen molar-refractivity contribution in [2.45, 2.75) is 19.3 Å². The molecule has 0 N–H and O–H groups in total. The van der Waals surface area contributed by atoms with Gasteiger partial charge in [-0.3, -0.25) is 19.7 Å². The number of carbonyl (C=O) groups excluding carboxylic acids is 2. The molecule has 164 valence electrons. The van der Waals surface area contributed by atoms with E-state index in [9.17, 15) is 32.9 Å². The largest absolute Gasteiger partial charge is 0.456 e. The van der Waals surface area contributed by atoms with Crippen molar-refractivity contribution in [1.29, 1.82) is 0 Å². The van der Waals surface area contributed by atoms with Gasteiger partial charge in [0, 0.05) is 23.5 Å². The Hall–Kier alpha value is -3.66. The Kier molecular flexibility index (Phi) is 5.25. The van der Waals surface area contributed by atoms with Gasteiger partial charge in [-0.15, -0.1) is 0 Å². The summed E-state index contributed by atoms with van der Waals surface area (Å²) in [6.07, 6.45) is -5.04. The molecule has 0 atom stereocenters. The molecule has 11 heteroatoms. The lowest BCUT2D eigenvalue weighted by molar-refractivity contribution is -0.384. The second kappa shape index (κ2) is 7.79. The van der Waals surface area contributed by atoms with Crippen LogP contribution in [0.1, 0.15) is 32.1 Å². The minimum atomic E-state index is -5.04. The first-order valence-electron chi connectivity index (χ1n) is 9.21. The summed E-state index contributed by atoms with van der Waals surface area (Å²) in [6.45, 7) is -0.179. The van der Waals surface area contributed by atoms with E-state index in [0.29, 0.717) is 16.9 Å². The maximum atomic E-state index is 13.3. The van der Waals surface area contributed by atoms with Crippen molar-refractivity contribution in [3.63, 3.8) is 0 Å². The van der Waals surface area contributed by atoms with E-state index in [1.54, 1.807) is 24.3 Å². The lowest BCUT2D eigenvalue weighted by Gasteiger charge is -2.23. The highest BCUT2D eigenvalue weighted by molar-refractivity contribution is 6.34.